The van der Waals surface area contributed by atoms with Gasteiger partial charge in [0.15, 0.2) is 0 Å². The van der Waals surface area contributed by atoms with Gasteiger partial charge in [-0.1, -0.05) is 6.07 Å². The second-order valence-corrected chi connectivity index (χ2v) is 8.13. The Labute approximate surface area is 126 Å². The summed E-state index contributed by atoms with van der Waals surface area (Å²) in [4.78, 5) is 4.40. The third-order valence-corrected chi connectivity index (χ3v) is 5.97. The van der Waals surface area contributed by atoms with Crippen LogP contribution in [0.1, 0.15) is 37.3 Å². The Morgan fingerprint density at radius 1 is 1.38 bits per heavy atom. The van der Waals surface area contributed by atoms with Gasteiger partial charge in [0, 0.05) is 43.0 Å². The van der Waals surface area contributed by atoms with E-state index in [1.165, 1.54) is 11.9 Å². The molecule has 2 heterocycles. The molecule has 0 amide bonds. The summed E-state index contributed by atoms with van der Waals surface area (Å²) in [7, 11) is -3.06. The maximum atomic E-state index is 11.7. The molecule has 1 aromatic rings. The van der Waals surface area contributed by atoms with Gasteiger partial charge in [-0.2, -0.15) is 4.31 Å². The van der Waals surface area contributed by atoms with Crippen LogP contribution < -0.4 is 5.32 Å². The van der Waals surface area contributed by atoms with Gasteiger partial charge in [0.1, 0.15) is 0 Å². The number of rotatable bonds is 5. The molecular weight excluding hydrogens is 286 g/mol. The molecule has 6 heteroatoms. The highest BCUT2D eigenvalue weighted by atomic mass is 32.2. The van der Waals surface area contributed by atoms with Crippen LogP contribution in [0.3, 0.4) is 0 Å². The van der Waals surface area contributed by atoms with Gasteiger partial charge in [0.25, 0.3) is 0 Å². The molecule has 0 spiro atoms. The van der Waals surface area contributed by atoms with E-state index in [9.17, 15) is 8.42 Å². The number of sulfonamides is 1. The Morgan fingerprint density at radius 3 is 2.86 bits per heavy atom. The van der Waals surface area contributed by atoms with E-state index in [1.807, 2.05) is 18.3 Å². The van der Waals surface area contributed by atoms with Crippen molar-refractivity contribution in [2.75, 3.05) is 19.3 Å². The first-order valence-corrected chi connectivity index (χ1v) is 9.50. The van der Waals surface area contributed by atoms with E-state index in [2.05, 4.69) is 16.4 Å². The predicted octanol–water partition coefficient (Wildman–Crippen LogP) is 1.34. The molecule has 1 atom stereocenters. The van der Waals surface area contributed by atoms with Crippen LogP contribution in [0.2, 0.25) is 0 Å². The molecule has 2 fully saturated rings. The molecule has 2 aliphatic rings. The zero-order chi connectivity index (χ0) is 14.9. The molecule has 21 heavy (non-hydrogen) atoms. The van der Waals surface area contributed by atoms with Crippen LogP contribution in [-0.4, -0.2) is 49.1 Å². The maximum absolute atomic E-state index is 11.7. The van der Waals surface area contributed by atoms with Crippen molar-refractivity contribution >= 4 is 10.0 Å². The quantitative estimate of drug-likeness (QED) is 0.891. The van der Waals surface area contributed by atoms with Crippen molar-refractivity contribution in [3.05, 3.63) is 30.1 Å². The summed E-state index contributed by atoms with van der Waals surface area (Å²) in [6.07, 6.45) is 7.30. The van der Waals surface area contributed by atoms with E-state index in [0.29, 0.717) is 18.5 Å². The monoisotopic (exact) mass is 309 g/mol. The van der Waals surface area contributed by atoms with Crippen LogP contribution in [0.15, 0.2) is 24.4 Å². The van der Waals surface area contributed by atoms with Crippen LogP contribution in [0.5, 0.6) is 0 Å². The molecule has 3 rings (SSSR count). The first-order valence-electron chi connectivity index (χ1n) is 7.65. The molecule has 1 N–H and O–H groups in total. The van der Waals surface area contributed by atoms with Gasteiger partial charge >= 0.3 is 0 Å². The summed E-state index contributed by atoms with van der Waals surface area (Å²) in [5.74, 6) is 0.554. The van der Waals surface area contributed by atoms with Crippen LogP contribution in [0.4, 0.5) is 0 Å². The molecule has 1 saturated heterocycles. The molecule has 0 radical (unpaired) electrons. The highest BCUT2D eigenvalue weighted by molar-refractivity contribution is 7.88. The molecule has 5 nitrogen and oxygen atoms in total. The summed E-state index contributed by atoms with van der Waals surface area (Å²) in [6, 6.07) is 6.69. The maximum Gasteiger partial charge on any atom is 0.211 e. The average molecular weight is 309 g/mol. The Bertz CT molecular complexity index is 570. The van der Waals surface area contributed by atoms with Crippen molar-refractivity contribution in [3.8, 4) is 0 Å². The van der Waals surface area contributed by atoms with E-state index >= 15 is 0 Å². The van der Waals surface area contributed by atoms with Crippen LogP contribution in [0, 0.1) is 0 Å². The van der Waals surface area contributed by atoms with Gasteiger partial charge in [-0.05, 0) is 37.8 Å². The number of pyridine rings is 1. The topological polar surface area (TPSA) is 62.3 Å². The normalized spacial score (nSPS) is 30.2. The fourth-order valence-electron chi connectivity index (χ4n) is 3.40. The van der Waals surface area contributed by atoms with E-state index in [-0.39, 0.29) is 6.04 Å². The fraction of sp³-hybridized carbons (Fsp3) is 0.667. The lowest BCUT2D eigenvalue weighted by atomic mass is 9.78. The SMILES string of the molecule is CS(=O)(=O)N1CCC[C@@H]1CNC1CC(c2ccccn2)C1. The second-order valence-electron chi connectivity index (χ2n) is 6.20. The van der Waals surface area contributed by atoms with Gasteiger partial charge < -0.3 is 5.32 Å². The van der Waals surface area contributed by atoms with E-state index in [0.717, 1.165) is 32.2 Å². The Hall–Kier alpha value is -0.980. The van der Waals surface area contributed by atoms with Gasteiger partial charge in [0.05, 0.1) is 6.26 Å². The third kappa shape index (κ3) is 3.44. The summed E-state index contributed by atoms with van der Waals surface area (Å²) < 4.78 is 25.0. The number of hydrogen-bond donors (Lipinski definition) is 1. The Balaban J connectivity index is 1.45. The summed E-state index contributed by atoms with van der Waals surface area (Å²) in [5.41, 5.74) is 1.18. The minimum absolute atomic E-state index is 0.133. The first-order chi connectivity index (χ1) is 10.0. The van der Waals surface area contributed by atoms with Crippen molar-refractivity contribution < 1.29 is 8.42 Å². The van der Waals surface area contributed by atoms with Gasteiger partial charge in [-0.15, -0.1) is 0 Å². The van der Waals surface area contributed by atoms with Crippen LogP contribution in [-0.2, 0) is 10.0 Å². The largest absolute Gasteiger partial charge is 0.312 e. The Morgan fingerprint density at radius 2 is 2.19 bits per heavy atom. The van der Waals surface area contributed by atoms with E-state index < -0.39 is 10.0 Å². The van der Waals surface area contributed by atoms with Crippen molar-refractivity contribution in [2.24, 2.45) is 0 Å². The summed E-state index contributed by atoms with van der Waals surface area (Å²) in [5, 5.41) is 3.53. The van der Waals surface area contributed by atoms with Gasteiger partial charge in [0.2, 0.25) is 10.0 Å². The van der Waals surface area contributed by atoms with Gasteiger partial charge in [-0.3, -0.25) is 4.98 Å². The molecule has 116 valence electrons. The van der Waals surface area contributed by atoms with Crippen LogP contribution >= 0.6 is 0 Å². The van der Waals surface area contributed by atoms with Crippen molar-refractivity contribution in [1.29, 1.82) is 0 Å². The number of nitrogens with one attached hydrogen (secondary N) is 1. The molecule has 0 unspecified atom stereocenters. The predicted molar refractivity (Wildman–Crippen MR) is 82.6 cm³/mol. The molecule has 0 aromatic carbocycles. The highest BCUT2D eigenvalue weighted by Crippen LogP contribution is 2.35. The lowest BCUT2D eigenvalue weighted by Crippen LogP contribution is -2.47. The molecule has 1 aliphatic heterocycles. The lowest BCUT2D eigenvalue weighted by Gasteiger charge is -2.37. The fourth-order valence-corrected chi connectivity index (χ4v) is 4.58. The van der Waals surface area contributed by atoms with Crippen molar-refractivity contribution in [1.82, 2.24) is 14.6 Å². The number of aromatic nitrogens is 1. The van der Waals surface area contributed by atoms with Crippen molar-refractivity contribution in [3.63, 3.8) is 0 Å². The smallest absolute Gasteiger partial charge is 0.211 e. The first kappa shape index (κ1) is 14.9. The van der Waals surface area contributed by atoms with E-state index in [4.69, 9.17) is 0 Å². The Kier molecular flexibility index (Phi) is 4.28. The minimum atomic E-state index is -3.06. The average Bonchev–Trinajstić information content (AvgIpc) is 2.86. The molecule has 1 aromatic heterocycles. The number of nitrogens with zero attached hydrogens (tertiary/aromatic N) is 2. The van der Waals surface area contributed by atoms with Crippen molar-refractivity contribution in [2.45, 2.75) is 43.7 Å². The zero-order valence-corrected chi connectivity index (χ0v) is 13.2. The third-order valence-electron chi connectivity index (χ3n) is 4.64. The van der Waals surface area contributed by atoms with Crippen LogP contribution in [0.25, 0.3) is 0 Å². The highest BCUT2D eigenvalue weighted by Gasteiger charge is 2.34. The minimum Gasteiger partial charge on any atom is -0.312 e. The summed E-state index contributed by atoms with van der Waals surface area (Å²) in [6.45, 7) is 1.44. The molecular formula is C15H23N3O2S. The molecule has 1 saturated carbocycles. The zero-order valence-electron chi connectivity index (χ0n) is 12.4. The van der Waals surface area contributed by atoms with Gasteiger partial charge in [-0.25, -0.2) is 8.42 Å². The standard InChI is InChI=1S/C15H23N3O2S/c1-21(19,20)18-8-4-5-14(18)11-17-13-9-12(10-13)15-6-2-3-7-16-15/h2-3,6-7,12-14,17H,4-5,8-11H2,1H3/t12?,13?,14-/m1/s1. The summed E-state index contributed by atoms with van der Waals surface area (Å²) >= 11 is 0. The van der Waals surface area contributed by atoms with E-state index in [1.54, 1.807) is 4.31 Å². The second kappa shape index (κ2) is 6.02. The number of hydrogen-bond acceptors (Lipinski definition) is 4. The molecule has 0 bridgehead atoms. The molecule has 1 aliphatic carbocycles. The lowest BCUT2D eigenvalue weighted by molar-refractivity contribution is 0.264.